The molecule has 1 rings (SSSR count). The standard InChI is InChI=1S/C10H11FNO2/c1-7-3-4-9(8(2)6-11)5-10(7)12(13)14/h3-5,8H,2,6H2,1H3. The van der Waals surface area contributed by atoms with E-state index >= 15 is 0 Å². The molecular formula is C10H11FNO2. The van der Waals surface area contributed by atoms with E-state index in [1.165, 1.54) is 6.07 Å². The van der Waals surface area contributed by atoms with Crippen LogP contribution in [0.25, 0.3) is 0 Å². The molecule has 0 amide bonds. The number of nitrogens with zero attached hydrogens (tertiary/aromatic N) is 1. The Balaban J connectivity index is 3.12. The number of alkyl halides is 1. The zero-order chi connectivity index (χ0) is 10.7. The van der Waals surface area contributed by atoms with E-state index in [1.807, 2.05) is 0 Å². The first-order valence-electron chi connectivity index (χ1n) is 4.20. The third-order valence-corrected chi connectivity index (χ3v) is 2.09. The third-order valence-electron chi connectivity index (χ3n) is 2.09. The highest BCUT2D eigenvalue weighted by molar-refractivity contribution is 5.43. The predicted molar refractivity (Wildman–Crippen MR) is 51.9 cm³/mol. The summed E-state index contributed by atoms with van der Waals surface area (Å²) < 4.78 is 12.3. The molecule has 1 atom stereocenters. The summed E-state index contributed by atoms with van der Waals surface area (Å²) in [5.74, 6) is -0.533. The van der Waals surface area contributed by atoms with Gasteiger partial charge >= 0.3 is 0 Å². The first-order valence-corrected chi connectivity index (χ1v) is 4.20. The number of rotatable bonds is 3. The number of halogens is 1. The van der Waals surface area contributed by atoms with Crippen LogP contribution in [-0.4, -0.2) is 11.6 Å². The molecule has 0 saturated heterocycles. The van der Waals surface area contributed by atoms with E-state index in [-0.39, 0.29) is 5.69 Å². The molecule has 0 N–H and O–H groups in total. The number of nitro benzene ring substituents is 1. The summed E-state index contributed by atoms with van der Waals surface area (Å²) >= 11 is 0. The molecule has 0 spiro atoms. The van der Waals surface area contributed by atoms with Crippen LogP contribution in [0.1, 0.15) is 17.0 Å². The van der Waals surface area contributed by atoms with Gasteiger partial charge in [0.25, 0.3) is 5.69 Å². The fourth-order valence-corrected chi connectivity index (χ4v) is 1.17. The van der Waals surface area contributed by atoms with Crippen molar-refractivity contribution in [2.45, 2.75) is 12.8 Å². The summed E-state index contributed by atoms with van der Waals surface area (Å²) in [5, 5.41) is 10.6. The Kier molecular flexibility index (Phi) is 3.17. The number of hydrogen-bond donors (Lipinski definition) is 0. The minimum absolute atomic E-state index is 0.0181. The fraction of sp³-hybridized carbons (Fsp3) is 0.300. The van der Waals surface area contributed by atoms with Crippen molar-refractivity contribution in [1.29, 1.82) is 0 Å². The number of nitro groups is 1. The predicted octanol–water partition coefficient (Wildman–Crippen LogP) is 2.79. The molecule has 0 aliphatic rings. The molecule has 1 aromatic carbocycles. The summed E-state index contributed by atoms with van der Waals surface area (Å²) in [6.45, 7) is 4.60. The lowest BCUT2D eigenvalue weighted by atomic mass is 10.0. The molecule has 0 aliphatic carbocycles. The molecule has 75 valence electrons. The highest BCUT2D eigenvalue weighted by atomic mass is 19.1. The van der Waals surface area contributed by atoms with Crippen LogP contribution in [0.4, 0.5) is 10.1 Å². The summed E-state index contributed by atoms with van der Waals surface area (Å²) in [5.41, 5.74) is 1.15. The van der Waals surface area contributed by atoms with Gasteiger partial charge in [0, 0.05) is 17.5 Å². The third kappa shape index (κ3) is 2.07. The molecule has 3 nitrogen and oxygen atoms in total. The van der Waals surface area contributed by atoms with Gasteiger partial charge < -0.3 is 0 Å². The minimum atomic E-state index is -0.611. The van der Waals surface area contributed by atoms with Crippen molar-refractivity contribution in [2.24, 2.45) is 0 Å². The van der Waals surface area contributed by atoms with Crippen molar-refractivity contribution >= 4 is 5.69 Å². The quantitative estimate of drug-likeness (QED) is 0.551. The van der Waals surface area contributed by atoms with Crippen molar-refractivity contribution in [1.82, 2.24) is 0 Å². The number of hydrogen-bond acceptors (Lipinski definition) is 2. The van der Waals surface area contributed by atoms with Crippen molar-refractivity contribution in [3.05, 3.63) is 46.4 Å². The lowest BCUT2D eigenvalue weighted by Gasteiger charge is -2.07. The largest absolute Gasteiger partial charge is 0.272 e. The van der Waals surface area contributed by atoms with Gasteiger partial charge in [-0.1, -0.05) is 12.1 Å². The molecule has 0 bridgehead atoms. The van der Waals surface area contributed by atoms with Crippen LogP contribution in [-0.2, 0) is 0 Å². The number of benzene rings is 1. The van der Waals surface area contributed by atoms with Crippen molar-refractivity contribution in [3.63, 3.8) is 0 Å². The molecular weight excluding hydrogens is 185 g/mol. The second-order valence-electron chi connectivity index (χ2n) is 3.15. The Hall–Kier alpha value is -1.45. The normalized spacial score (nSPS) is 12.5. The van der Waals surface area contributed by atoms with Crippen LogP contribution < -0.4 is 0 Å². The van der Waals surface area contributed by atoms with E-state index < -0.39 is 17.5 Å². The van der Waals surface area contributed by atoms with E-state index in [4.69, 9.17) is 0 Å². The van der Waals surface area contributed by atoms with Crippen LogP contribution in [0.3, 0.4) is 0 Å². The topological polar surface area (TPSA) is 43.1 Å². The van der Waals surface area contributed by atoms with Gasteiger partial charge in [0.1, 0.15) is 0 Å². The summed E-state index contributed by atoms with van der Waals surface area (Å²) in [6, 6.07) is 4.66. The SMILES string of the molecule is [CH2]C(CF)c1ccc(C)c([N+](=O)[O-])c1. The molecule has 0 heterocycles. The molecule has 14 heavy (non-hydrogen) atoms. The van der Waals surface area contributed by atoms with E-state index in [0.29, 0.717) is 11.1 Å². The summed E-state index contributed by atoms with van der Waals surface area (Å²) in [4.78, 5) is 10.1. The molecule has 1 radical (unpaired) electrons. The lowest BCUT2D eigenvalue weighted by molar-refractivity contribution is -0.385. The van der Waals surface area contributed by atoms with Crippen molar-refractivity contribution in [2.75, 3.05) is 6.67 Å². The maximum Gasteiger partial charge on any atom is 0.272 e. The average Bonchev–Trinajstić information content (AvgIpc) is 2.17. The van der Waals surface area contributed by atoms with E-state index in [9.17, 15) is 14.5 Å². The van der Waals surface area contributed by atoms with Crippen LogP contribution in [0.15, 0.2) is 18.2 Å². The first kappa shape index (κ1) is 10.6. The van der Waals surface area contributed by atoms with Gasteiger partial charge in [-0.05, 0) is 19.4 Å². The highest BCUT2D eigenvalue weighted by Gasteiger charge is 2.13. The van der Waals surface area contributed by atoms with E-state index in [2.05, 4.69) is 6.92 Å². The van der Waals surface area contributed by atoms with Gasteiger partial charge in [0.15, 0.2) is 0 Å². The minimum Gasteiger partial charge on any atom is -0.258 e. The van der Waals surface area contributed by atoms with E-state index in [1.54, 1.807) is 19.1 Å². The Morgan fingerprint density at radius 3 is 2.79 bits per heavy atom. The second-order valence-corrected chi connectivity index (χ2v) is 3.15. The first-order chi connectivity index (χ1) is 6.56. The number of aryl methyl sites for hydroxylation is 1. The van der Waals surface area contributed by atoms with Gasteiger partial charge in [-0.25, -0.2) is 0 Å². The Morgan fingerprint density at radius 2 is 2.29 bits per heavy atom. The van der Waals surface area contributed by atoms with Crippen molar-refractivity contribution < 1.29 is 9.31 Å². The van der Waals surface area contributed by atoms with Crippen molar-refractivity contribution in [3.8, 4) is 0 Å². The van der Waals surface area contributed by atoms with Gasteiger partial charge in [0.05, 0.1) is 11.6 Å². The molecule has 0 saturated carbocycles. The van der Waals surface area contributed by atoms with Crippen LogP contribution in [0.2, 0.25) is 0 Å². The van der Waals surface area contributed by atoms with Crippen LogP contribution >= 0.6 is 0 Å². The van der Waals surface area contributed by atoms with E-state index in [0.717, 1.165) is 0 Å². The van der Waals surface area contributed by atoms with Gasteiger partial charge in [0.2, 0.25) is 0 Å². The lowest BCUT2D eigenvalue weighted by Crippen LogP contribution is -1.99. The van der Waals surface area contributed by atoms with Gasteiger partial charge in [-0.3, -0.25) is 14.5 Å². The summed E-state index contributed by atoms with van der Waals surface area (Å²) in [6.07, 6.45) is 0. The van der Waals surface area contributed by atoms with Crippen LogP contribution in [0.5, 0.6) is 0 Å². The molecule has 1 aromatic rings. The maximum absolute atomic E-state index is 12.3. The Labute approximate surface area is 81.7 Å². The zero-order valence-corrected chi connectivity index (χ0v) is 7.87. The molecule has 0 aromatic heterocycles. The Bertz CT molecular complexity index is 352. The fourth-order valence-electron chi connectivity index (χ4n) is 1.17. The average molecular weight is 196 g/mol. The monoisotopic (exact) mass is 196 g/mol. The van der Waals surface area contributed by atoms with Gasteiger partial charge in [-0.15, -0.1) is 0 Å². The van der Waals surface area contributed by atoms with Gasteiger partial charge in [-0.2, -0.15) is 0 Å². The molecule has 1 unspecified atom stereocenters. The molecule has 0 fully saturated rings. The smallest absolute Gasteiger partial charge is 0.258 e. The Morgan fingerprint density at radius 1 is 1.64 bits per heavy atom. The molecule has 4 heteroatoms. The molecule has 0 aliphatic heterocycles. The zero-order valence-electron chi connectivity index (χ0n) is 7.87. The summed E-state index contributed by atoms with van der Waals surface area (Å²) in [7, 11) is 0. The maximum atomic E-state index is 12.3. The highest BCUT2D eigenvalue weighted by Crippen LogP contribution is 2.24. The second kappa shape index (κ2) is 4.17. The van der Waals surface area contributed by atoms with Crippen LogP contribution in [0, 0.1) is 24.0 Å².